The van der Waals surface area contributed by atoms with Crippen LogP contribution >= 0.6 is 0 Å². The molecule has 0 spiro atoms. The monoisotopic (exact) mass is 278 g/mol. The van der Waals surface area contributed by atoms with Gasteiger partial charge in [0.2, 0.25) is 0 Å². The summed E-state index contributed by atoms with van der Waals surface area (Å²) in [5.41, 5.74) is 1.25. The van der Waals surface area contributed by atoms with Crippen LogP contribution in [0.3, 0.4) is 0 Å². The van der Waals surface area contributed by atoms with Crippen LogP contribution in [0.2, 0.25) is 0 Å². The smallest absolute Gasteiger partial charge is 0.123 e. The zero-order valence-electron chi connectivity index (χ0n) is 13.0. The van der Waals surface area contributed by atoms with Gasteiger partial charge in [0.1, 0.15) is 5.82 Å². The number of rotatable bonds is 5. The minimum atomic E-state index is -0.167. The molecule has 0 amide bonds. The molecule has 112 valence electrons. The van der Waals surface area contributed by atoms with Gasteiger partial charge in [-0.15, -0.1) is 0 Å². The molecule has 1 aliphatic rings. The van der Waals surface area contributed by atoms with Crippen molar-refractivity contribution in [3.8, 4) is 0 Å². The molecule has 1 saturated heterocycles. The van der Waals surface area contributed by atoms with Crippen molar-refractivity contribution in [1.29, 1.82) is 0 Å². The Kier molecular flexibility index (Phi) is 5.17. The van der Waals surface area contributed by atoms with Gasteiger partial charge in [0, 0.05) is 5.54 Å². The summed E-state index contributed by atoms with van der Waals surface area (Å²) in [5, 5.41) is 3.46. The van der Waals surface area contributed by atoms with E-state index in [-0.39, 0.29) is 17.4 Å². The van der Waals surface area contributed by atoms with Crippen LogP contribution in [0.15, 0.2) is 24.3 Å². The summed E-state index contributed by atoms with van der Waals surface area (Å²) >= 11 is 0. The molecule has 2 rings (SSSR count). The van der Waals surface area contributed by atoms with Crippen molar-refractivity contribution in [2.24, 2.45) is 0 Å². The highest BCUT2D eigenvalue weighted by Gasteiger charge is 2.38. The fraction of sp³-hybridized carbons (Fsp3) is 0.647. The maximum atomic E-state index is 13.2. The van der Waals surface area contributed by atoms with Crippen molar-refractivity contribution in [2.45, 2.75) is 51.1 Å². The van der Waals surface area contributed by atoms with Gasteiger partial charge in [0.25, 0.3) is 0 Å². The first kappa shape index (κ1) is 15.5. The van der Waals surface area contributed by atoms with Gasteiger partial charge in [-0.25, -0.2) is 4.39 Å². The lowest BCUT2D eigenvalue weighted by Gasteiger charge is -2.48. The second kappa shape index (κ2) is 6.68. The molecule has 0 aliphatic carbocycles. The number of hydrogen-bond donors (Lipinski definition) is 1. The van der Waals surface area contributed by atoms with Gasteiger partial charge in [0.15, 0.2) is 0 Å². The van der Waals surface area contributed by atoms with Gasteiger partial charge in [-0.05, 0) is 64.0 Å². The van der Waals surface area contributed by atoms with Crippen LogP contribution in [-0.2, 0) is 0 Å². The van der Waals surface area contributed by atoms with Gasteiger partial charge in [-0.1, -0.05) is 25.5 Å². The fourth-order valence-electron chi connectivity index (χ4n) is 3.51. The molecule has 20 heavy (non-hydrogen) atoms. The van der Waals surface area contributed by atoms with Crippen LogP contribution in [0.4, 0.5) is 4.39 Å². The molecule has 1 heterocycles. The molecule has 2 atom stereocenters. The van der Waals surface area contributed by atoms with E-state index in [4.69, 9.17) is 0 Å². The van der Waals surface area contributed by atoms with Crippen molar-refractivity contribution in [1.82, 2.24) is 10.2 Å². The second-order valence-electron chi connectivity index (χ2n) is 6.03. The Morgan fingerprint density at radius 3 is 2.30 bits per heavy atom. The van der Waals surface area contributed by atoms with E-state index >= 15 is 0 Å². The van der Waals surface area contributed by atoms with E-state index in [9.17, 15) is 4.39 Å². The third-order valence-corrected chi connectivity index (χ3v) is 4.91. The van der Waals surface area contributed by atoms with Gasteiger partial charge in [-0.3, -0.25) is 4.90 Å². The maximum absolute atomic E-state index is 13.2. The molecule has 2 unspecified atom stereocenters. The molecule has 1 aromatic carbocycles. The number of piperidine rings is 1. The van der Waals surface area contributed by atoms with Crippen LogP contribution in [0, 0.1) is 5.82 Å². The SMILES string of the molecule is CCC(C)(C(NC)c1ccc(F)cc1)N1CCCCC1. The number of likely N-dealkylation sites (N-methyl/N-ethyl adjacent to an activating group) is 1. The van der Waals surface area contributed by atoms with Crippen molar-refractivity contribution >= 4 is 0 Å². The van der Waals surface area contributed by atoms with Crippen molar-refractivity contribution in [3.63, 3.8) is 0 Å². The van der Waals surface area contributed by atoms with Crippen LogP contribution < -0.4 is 5.32 Å². The van der Waals surface area contributed by atoms with E-state index in [0.717, 1.165) is 6.42 Å². The van der Waals surface area contributed by atoms with E-state index in [1.54, 1.807) is 12.1 Å². The number of nitrogens with zero attached hydrogens (tertiary/aromatic N) is 1. The third kappa shape index (κ3) is 3.04. The number of benzene rings is 1. The topological polar surface area (TPSA) is 15.3 Å². The zero-order chi connectivity index (χ0) is 14.6. The van der Waals surface area contributed by atoms with E-state index in [0.29, 0.717) is 0 Å². The summed E-state index contributed by atoms with van der Waals surface area (Å²) in [6.07, 6.45) is 5.00. The summed E-state index contributed by atoms with van der Waals surface area (Å²) in [7, 11) is 2.01. The highest BCUT2D eigenvalue weighted by Crippen LogP contribution is 2.35. The van der Waals surface area contributed by atoms with Crippen LogP contribution in [0.1, 0.15) is 51.1 Å². The average molecular weight is 278 g/mol. The maximum Gasteiger partial charge on any atom is 0.123 e. The van der Waals surface area contributed by atoms with E-state index in [1.807, 2.05) is 19.2 Å². The summed E-state index contributed by atoms with van der Waals surface area (Å²) in [5.74, 6) is -0.167. The molecule has 0 aromatic heterocycles. The summed E-state index contributed by atoms with van der Waals surface area (Å²) in [6, 6.07) is 7.17. The van der Waals surface area contributed by atoms with E-state index < -0.39 is 0 Å². The quantitative estimate of drug-likeness (QED) is 0.882. The fourth-order valence-corrected chi connectivity index (χ4v) is 3.51. The summed E-state index contributed by atoms with van der Waals surface area (Å²) < 4.78 is 13.2. The van der Waals surface area contributed by atoms with Gasteiger partial charge >= 0.3 is 0 Å². The predicted molar refractivity (Wildman–Crippen MR) is 82.3 cm³/mol. The highest BCUT2D eigenvalue weighted by molar-refractivity contribution is 5.24. The van der Waals surface area contributed by atoms with Gasteiger partial charge < -0.3 is 5.32 Å². The summed E-state index contributed by atoms with van der Waals surface area (Å²) in [4.78, 5) is 2.61. The molecule has 1 aromatic rings. The Morgan fingerprint density at radius 1 is 1.20 bits per heavy atom. The molecule has 0 radical (unpaired) electrons. The Hall–Kier alpha value is -0.930. The Balaban J connectivity index is 2.27. The van der Waals surface area contributed by atoms with Crippen LogP contribution in [-0.4, -0.2) is 30.6 Å². The molecule has 1 N–H and O–H groups in total. The molecule has 1 aliphatic heterocycles. The minimum absolute atomic E-state index is 0.0764. The standard InChI is InChI=1S/C17H27FN2/c1-4-17(2,20-12-6-5-7-13-20)16(19-3)14-8-10-15(18)11-9-14/h8-11,16,19H,4-7,12-13H2,1-3H3. The highest BCUT2D eigenvalue weighted by atomic mass is 19.1. The first-order valence-electron chi connectivity index (χ1n) is 7.79. The van der Waals surface area contributed by atoms with Crippen LogP contribution in [0.25, 0.3) is 0 Å². The van der Waals surface area contributed by atoms with Crippen molar-refractivity contribution in [3.05, 3.63) is 35.6 Å². The lowest BCUT2D eigenvalue weighted by Crippen LogP contribution is -2.55. The Morgan fingerprint density at radius 2 is 1.80 bits per heavy atom. The number of likely N-dealkylation sites (tertiary alicyclic amines) is 1. The van der Waals surface area contributed by atoms with Gasteiger partial charge in [-0.2, -0.15) is 0 Å². The number of hydrogen-bond acceptors (Lipinski definition) is 2. The average Bonchev–Trinajstić information content (AvgIpc) is 2.50. The second-order valence-corrected chi connectivity index (χ2v) is 6.03. The molecular formula is C17H27FN2. The Labute approximate surface area is 122 Å². The zero-order valence-corrected chi connectivity index (χ0v) is 13.0. The normalized spacial score (nSPS) is 21.4. The molecule has 2 nitrogen and oxygen atoms in total. The molecular weight excluding hydrogens is 251 g/mol. The first-order valence-corrected chi connectivity index (χ1v) is 7.79. The largest absolute Gasteiger partial charge is 0.311 e. The minimum Gasteiger partial charge on any atom is -0.311 e. The number of nitrogens with one attached hydrogen (secondary N) is 1. The molecule has 1 fully saturated rings. The van der Waals surface area contributed by atoms with E-state index in [2.05, 4.69) is 24.1 Å². The van der Waals surface area contributed by atoms with Crippen molar-refractivity contribution in [2.75, 3.05) is 20.1 Å². The number of halogens is 1. The third-order valence-electron chi connectivity index (χ3n) is 4.91. The van der Waals surface area contributed by atoms with Crippen LogP contribution in [0.5, 0.6) is 0 Å². The molecule has 0 saturated carbocycles. The first-order chi connectivity index (χ1) is 9.61. The lowest BCUT2D eigenvalue weighted by atomic mass is 9.82. The molecule has 3 heteroatoms. The van der Waals surface area contributed by atoms with Crippen molar-refractivity contribution < 1.29 is 4.39 Å². The Bertz CT molecular complexity index is 412. The molecule has 0 bridgehead atoms. The van der Waals surface area contributed by atoms with E-state index in [1.165, 1.54) is 37.9 Å². The van der Waals surface area contributed by atoms with Gasteiger partial charge in [0.05, 0.1) is 6.04 Å². The lowest BCUT2D eigenvalue weighted by molar-refractivity contribution is 0.0448. The predicted octanol–water partition coefficient (Wildman–Crippen LogP) is 3.74. The summed E-state index contributed by atoms with van der Waals surface area (Å²) in [6.45, 7) is 6.93.